The average molecular weight is 492 g/mol. The van der Waals surface area contributed by atoms with Gasteiger partial charge in [0.2, 0.25) is 5.91 Å². The molecule has 3 amide bonds. The van der Waals surface area contributed by atoms with E-state index < -0.39 is 0 Å². The summed E-state index contributed by atoms with van der Waals surface area (Å²) in [5.41, 5.74) is 4.07. The second-order valence-corrected chi connectivity index (χ2v) is 10.2. The van der Waals surface area contributed by atoms with E-state index in [9.17, 15) is 14.4 Å². The van der Waals surface area contributed by atoms with Crippen LogP contribution in [0.15, 0.2) is 29.3 Å². The van der Waals surface area contributed by atoms with E-state index in [2.05, 4.69) is 27.6 Å². The molecule has 0 aromatic carbocycles. The summed E-state index contributed by atoms with van der Waals surface area (Å²) in [4.78, 5) is 46.1. The van der Waals surface area contributed by atoms with Crippen LogP contribution in [0, 0.1) is 0 Å². The Balaban J connectivity index is 1.36. The number of carbonyl (C=O) groups is 3. The summed E-state index contributed by atoms with van der Waals surface area (Å²) >= 11 is 1.42. The molecular formula is C24H25N7O3S. The highest BCUT2D eigenvalue weighted by Gasteiger charge is 2.27. The van der Waals surface area contributed by atoms with E-state index in [4.69, 9.17) is 5.10 Å². The molecule has 3 aromatic heterocycles. The summed E-state index contributed by atoms with van der Waals surface area (Å²) in [5.74, 6) is -0.644. The molecular weight excluding hydrogens is 466 g/mol. The minimum Gasteiger partial charge on any atom is -0.379 e. The maximum Gasteiger partial charge on any atom is 0.264 e. The maximum absolute atomic E-state index is 13.0. The molecule has 3 aliphatic rings. The number of thiophene rings is 1. The zero-order chi connectivity index (χ0) is 24.1. The van der Waals surface area contributed by atoms with E-state index in [1.807, 2.05) is 22.4 Å². The summed E-state index contributed by atoms with van der Waals surface area (Å²) in [6, 6.07) is 4.27. The van der Waals surface area contributed by atoms with E-state index in [-0.39, 0.29) is 24.1 Å². The van der Waals surface area contributed by atoms with Crippen molar-refractivity contribution in [3.8, 4) is 11.3 Å². The highest BCUT2D eigenvalue weighted by atomic mass is 32.1. The summed E-state index contributed by atoms with van der Waals surface area (Å²) < 4.78 is 1.70. The number of amides is 3. The first kappa shape index (κ1) is 21.9. The summed E-state index contributed by atoms with van der Waals surface area (Å²) in [6.45, 7) is 3.21. The Morgan fingerprint density at radius 2 is 2.00 bits per heavy atom. The molecule has 10 nitrogen and oxygen atoms in total. The minimum absolute atomic E-state index is 0.0429. The van der Waals surface area contributed by atoms with Gasteiger partial charge >= 0.3 is 0 Å². The number of hydrogen-bond donors (Lipinski definition) is 2. The maximum atomic E-state index is 13.0. The first-order valence-electron chi connectivity index (χ1n) is 11.7. The molecule has 0 atom stereocenters. The third-order valence-electron chi connectivity index (χ3n) is 6.55. The fourth-order valence-electron chi connectivity index (χ4n) is 4.33. The molecule has 180 valence electrons. The fraction of sp³-hybridized carbons (Fsp3) is 0.375. The van der Waals surface area contributed by atoms with Crippen LogP contribution in [0.1, 0.15) is 34.6 Å². The Kier molecular flexibility index (Phi) is 5.37. The fourth-order valence-corrected chi connectivity index (χ4v) is 5.19. The largest absolute Gasteiger partial charge is 0.379 e. The number of aromatic nitrogens is 3. The highest BCUT2D eigenvalue weighted by molar-refractivity contribution is 7.12. The number of imide groups is 1. The van der Waals surface area contributed by atoms with Gasteiger partial charge in [0.25, 0.3) is 11.8 Å². The first-order valence-corrected chi connectivity index (χ1v) is 12.6. The summed E-state index contributed by atoms with van der Waals surface area (Å²) in [5, 5.41) is 12.6. The second-order valence-electron chi connectivity index (χ2n) is 9.30. The molecule has 2 N–H and O–H groups in total. The third kappa shape index (κ3) is 4.32. The normalized spacial score (nSPS) is 20.1. The number of anilines is 1. The van der Waals surface area contributed by atoms with Gasteiger partial charge in [-0.15, -0.1) is 11.3 Å². The van der Waals surface area contributed by atoms with E-state index in [0.29, 0.717) is 33.5 Å². The van der Waals surface area contributed by atoms with E-state index in [1.165, 1.54) is 11.3 Å². The molecule has 0 bridgehead atoms. The van der Waals surface area contributed by atoms with Crippen molar-refractivity contribution in [3.63, 3.8) is 0 Å². The number of nitrogens with one attached hydrogen (secondary N) is 2. The molecule has 35 heavy (non-hydrogen) atoms. The Morgan fingerprint density at radius 1 is 1.20 bits per heavy atom. The monoisotopic (exact) mass is 491 g/mol. The molecule has 3 fully saturated rings. The number of fused-ring (bicyclic) bond motifs is 1. The molecule has 1 aliphatic carbocycles. The van der Waals surface area contributed by atoms with Gasteiger partial charge in [-0.1, -0.05) is 0 Å². The van der Waals surface area contributed by atoms with Gasteiger partial charge in [-0.05, 0) is 38.1 Å². The van der Waals surface area contributed by atoms with Crippen LogP contribution in [0.4, 0.5) is 5.69 Å². The average Bonchev–Trinajstić information content (AvgIpc) is 3.23. The van der Waals surface area contributed by atoms with Crippen molar-refractivity contribution in [2.75, 3.05) is 38.5 Å². The number of hydrogen-bond acceptors (Lipinski definition) is 8. The van der Waals surface area contributed by atoms with Gasteiger partial charge in [0, 0.05) is 48.7 Å². The van der Waals surface area contributed by atoms with Crippen LogP contribution in [-0.4, -0.2) is 81.4 Å². The van der Waals surface area contributed by atoms with Crippen LogP contribution in [0.3, 0.4) is 0 Å². The van der Waals surface area contributed by atoms with Gasteiger partial charge < -0.3 is 15.1 Å². The van der Waals surface area contributed by atoms with Gasteiger partial charge in [0.15, 0.2) is 5.65 Å². The molecule has 2 aliphatic heterocycles. The molecule has 2 saturated heterocycles. The van der Waals surface area contributed by atoms with Crippen LogP contribution in [0.5, 0.6) is 0 Å². The molecule has 0 spiro atoms. The van der Waals surface area contributed by atoms with Gasteiger partial charge in [-0.3, -0.25) is 19.7 Å². The minimum atomic E-state index is -0.387. The van der Waals surface area contributed by atoms with Crippen molar-refractivity contribution in [2.24, 2.45) is 0 Å². The van der Waals surface area contributed by atoms with Crippen molar-refractivity contribution in [3.05, 3.63) is 39.9 Å². The van der Waals surface area contributed by atoms with E-state index >= 15 is 0 Å². The van der Waals surface area contributed by atoms with Crippen molar-refractivity contribution in [2.45, 2.75) is 25.3 Å². The van der Waals surface area contributed by atoms with Crippen LogP contribution < -0.4 is 10.6 Å². The molecule has 3 aromatic rings. The second kappa shape index (κ2) is 8.58. The van der Waals surface area contributed by atoms with Crippen LogP contribution >= 0.6 is 11.3 Å². The Hall–Kier alpha value is -3.57. The lowest BCUT2D eigenvalue weighted by molar-refractivity contribution is -0.124. The molecule has 0 radical (unpaired) electrons. The number of carbonyl (C=O) groups excluding carboxylic acids is 3. The quantitative estimate of drug-likeness (QED) is 0.414. The zero-order valence-corrected chi connectivity index (χ0v) is 20.1. The Labute approximate surface area is 205 Å². The van der Waals surface area contributed by atoms with Crippen molar-refractivity contribution < 1.29 is 14.4 Å². The standard InChI is InChI=1S/C24H25N7O3S/c1-29-4-6-30(7-5-29)24(34)20-9-15(13-35-20)18-11-19(26-16-2-3-16)22-25-12-17(31(22)28-18)8-14-10-21(32)27-23(14)33/h8-9,11-13,16,26H,2-7,10H2,1H3,(H,27,32,33)/b14-8+. The van der Waals surface area contributed by atoms with E-state index in [0.717, 1.165) is 50.3 Å². The summed E-state index contributed by atoms with van der Waals surface area (Å²) in [6.07, 6.45) is 5.57. The SMILES string of the molecule is CN1CCN(C(=O)c2cc(-c3cc(NC4CC4)c4ncc(/C=C5\CC(=O)NC5=O)n4n3)cs2)CC1. The lowest BCUT2D eigenvalue weighted by Crippen LogP contribution is -2.46. The number of likely N-dealkylation sites (N-methyl/N-ethyl adjacent to an activating group) is 1. The molecule has 0 unspecified atom stereocenters. The number of nitrogens with zero attached hydrogens (tertiary/aromatic N) is 5. The number of imidazole rings is 1. The summed E-state index contributed by atoms with van der Waals surface area (Å²) in [7, 11) is 2.07. The highest BCUT2D eigenvalue weighted by Crippen LogP contribution is 2.32. The van der Waals surface area contributed by atoms with Crippen molar-refractivity contribution in [1.29, 1.82) is 0 Å². The van der Waals surface area contributed by atoms with Crippen LogP contribution in [-0.2, 0) is 9.59 Å². The predicted molar refractivity (Wildman–Crippen MR) is 132 cm³/mol. The number of rotatable bonds is 5. The Bertz CT molecular complexity index is 1380. The van der Waals surface area contributed by atoms with Crippen molar-refractivity contribution >= 4 is 46.5 Å². The molecule has 11 heteroatoms. The number of piperazine rings is 1. The van der Waals surface area contributed by atoms with Gasteiger partial charge in [-0.25, -0.2) is 9.50 Å². The van der Waals surface area contributed by atoms with Crippen LogP contribution in [0.2, 0.25) is 0 Å². The topological polar surface area (TPSA) is 112 Å². The van der Waals surface area contributed by atoms with Gasteiger partial charge in [0.1, 0.15) is 0 Å². The smallest absolute Gasteiger partial charge is 0.264 e. The first-order chi connectivity index (χ1) is 16.9. The lowest BCUT2D eigenvalue weighted by atomic mass is 10.2. The van der Waals surface area contributed by atoms with Crippen LogP contribution in [0.25, 0.3) is 23.0 Å². The zero-order valence-electron chi connectivity index (χ0n) is 19.3. The predicted octanol–water partition coefficient (Wildman–Crippen LogP) is 1.85. The Morgan fingerprint density at radius 3 is 2.71 bits per heavy atom. The van der Waals surface area contributed by atoms with Crippen molar-refractivity contribution in [1.82, 2.24) is 29.7 Å². The molecule has 5 heterocycles. The van der Waals surface area contributed by atoms with Gasteiger partial charge in [-0.2, -0.15) is 5.10 Å². The lowest BCUT2D eigenvalue weighted by Gasteiger charge is -2.32. The van der Waals surface area contributed by atoms with E-state index in [1.54, 1.807) is 16.8 Å². The molecule has 6 rings (SSSR count). The van der Waals surface area contributed by atoms with Gasteiger partial charge in [0.05, 0.1) is 34.6 Å². The third-order valence-corrected chi connectivity index (χ3v) is 7.46. The molecule has 1 saturated carbocycles.